The minimum atomic E-state index is -3.03. The van der Waals surface area contributed by atoms with Crippen molar-refractivity contribution in [2.24, 2.45) is 0 Å². The summed E-state index contributed by atoms with van der Waals surface area (Å²) in [6, 6.07) is 0.506. The second-order valence-electron chi connectivity index (χ2n) is 6.12. The van der Waals surface area contributed by atoms with Crippen LogP contribution in [0.3, 0.4) is 0 Å². The van der Waals surface area contributed by atoms with Gasteiger partial charge in [0.05, 0.1) is 18.0 Å². The second kappa shape index (κ2) is 4.98. The van der Waals surface area contributed by atoms with Crippen LogP contribution in [0.1, 0.15) is 32.6 Å². The van der Waals surface area contributed by atoms with E-state index >= 15 is 0 Å². The Balaban J connectivity index is 1.56. The highest BCUT2D eigenvalue weighted by Gasteiger charge is 2.53. The van der Waals surface area contributed by atoms with E-state index in [1.165, 1.54) is 32.4 Å². The number of rotatable bonds is 3. The van der Waals surface area contributed by atoms with Gasteiger partial charge in [-0.15, -0.1) is 0 Å². The van der Waals surface area contributed by atoms with Gasteiger partial charge in [0.25, 0.3) is 0 Å². The van der Waals surface area contributed by atoms with Crippen LogP contribution in [0.25, 0.3) is 0 Å². The highest BCUT2D eigenvalue weighted by atomic mass is 32.2. The quantitative estimate of drug-likeness (QED) is 0.766. The van der Waals surface area contributed by atoms with E-state index in [-0.39, 0.29) is 11.4 Å². The number of hydrogen-bond acceptors (Lipinski definition) is 4. The summed E-state index contributed by atoms with van der Waals surface area (Å²) in [7, 11) is -3.03. The number of ether oxygens (including phenoxy) is 1. The summed E-state index contributed by atoms with van der Waals surface area (Å²) >= 11 is 0. The molecular formula is C13H24N2O3S. The SMILES string of the molecule is CCS(=O)(=O)N1CC2(CC(N3CCCCC3)CO2)C1. The van der Waals surface area contributed by atoms with E-state index in [1.807, 2.05) is 0 Å². The predicted molar refractivity (Wildman–Crippen MR) is 73.5 cm³/mol. The summed E-state index contributed by atoms with van der Waals surface area (Å²) < 4.78 is 31.1. The molecule has 1 atom stereocenters. The van der Waals surface area contributed by atoms with Crippen molar-refractivity contribution < 1.29 is 13.2 Å². The Bertz CT molecular complexity index is 425. The zero-order chi connectivity index (χ0) is 13.5. The molecule has 0 aromatic carbocycles. The molecule has 19 heavy (non-hydrogen) atoms. The van der Waals surface area contributed by atoms with Crippen molar-refractivity contribution in [3.63, 3.8) is 0 Å². The van der Waals surface area contributed by atoms with Crippen molar-refractivity contribution in [2.45, 2.75) is 44.2 Å². The molecule has 0 bridgehead atoms. The molecule has 3 rings (SSSR count). The fourth-order valence-electron chi connectivity index (χ4n) is 3.53. The molecule has 110 valence electrons. The Kier molecular flexibility index (Phi) is 3.62. The van der Waals surface area contributed by atoms with Crippen molar-refractivity contribution in [3.05, 3.63) is 0 Å². The van der Waals surface area contributed by atoms with Gasteiger partial charge in [-0.25, -0.2) is 8.42 Å². The topological polar surface area (TPSA) is 49.9 Å². The van der Waals surface area contributed by atoms with E-state index in [1.54, 1.807) is 11.2 Å². The summed E-state index contributed by atoms with van der Waals surface area (Å²) in [6.45, 7) is 5.97. The van der Waals surface area contributed by atoms with E-state index in [4.69, 9.17) is 4.74 Å². The van der Waals surface area contributed by atoms with Crippen molar-refractivity contribution in [1.29, 1.82) is 0 Å². The van der Waals surface area contributed by atoms with Crippen LogP contribution in [0, 0.1) is 0 Å². The first-order valence-electron chi connectivity index (χ1n) is 7.40. The molecule has 3 aliphatic rings. The second-order valence-corrected chi connectivity index (χ2v) is 8.37. The van der Waals surface area contributed by atoms with Crippen LogP contribution in [0.5, 0.6) is 0 Å². The minimum Gasteiger partial charge on any atom is -0.371 e. The predicted octanol–water partition coefficient (Wildman–Crippen LogP) is 0.665. The smallest absolute Gasteiger partial charge is 0.214 e. The minimum absolute atomic E-state index is 0.176. The van der Waals surface area contributed by atoms with Crippen molar-refractivity contribution in [2.75, 3.05) is 38.5 Å². The Hall–Kier alpha value is -0.170. The van der Waals surface area contributed by atoms with Gasteiger partial charge in [0.15, 0.2) is 0 Å². The van der Waals surface area contributed by atoms with E-state index in [0.29, 0.717) is 19.1 Å². The standard InChI is InChI=1S/C13H24N2O3S/c1-2-19(16,17)15-10-13(11-15)8-12(9-18-13)14-6-4-3-5-7-14/h12H,2-11H2,1H3. The van der Waals surface area contributed by atoms with Crippen LogP contribution < -0.4 is 0 Å². The van der Waals surface area contributed by atoms with Crippen LogP contribution in [0.2, 0.25) is 0 Å². The van der Waals surface area contributed by atoms with Gasteiger partial charge in [0, 0.05) is 19.1 Å². The molecule has 0 aromatic rings. The summed E-state index contributed by atoms with van der Waals surface area (Å²) in [4.78, 5) is 2.54. The molecule has 0 saturated carbocycles. The molecule has 6 heteroatoms. The number of sulfonamides is 1. The van der Waals surface area contributed by atoms with E-state index < -0.39 is 10.0 Å². The molecule has 5 nitrogen and oxygen atoms in total. The molecule has 3 saturated heterocycles. The van der Waals surface area contributed by atoms with Gasteiger partial charge in [-0.05, 0) is 39.3 Å². The third kappa shape index (κ3) is 2.55. The molecule has 3 heterocycles. The lowest BCUT2D eigenvalue weighted by Crippen LogP contribution is -2.63. The molecule has 3 aliphatic heterocycles. The molecule has 1 spiro atoms. The number of hydrogen-bond donors (Lipinski definition) is 0. The molecule has 0 aliphatic carbocycles. The van der Waals surface area contributed by atoms with E-state index in [0.717, 1.165) is 13.0 Å². The van der Waals surface area contributed by atoms with Crippen molar-refractivity contribution in [1.82, 2.24) is 9.21 Å². The maximum atomic E-state index is 11.8. The molecule has 1 unspecified atom stereocenters. The van der Waals surface area contributed by atoms with Gasteiger partial charge >= 0.3 is 0 Å². The average Bonchev–Trinajstić information content (AvgIpc) is 2.83. The molecule has 0 radical (unpaired) electrons. The normalized spacial score (nSPS) is 32.6. The van der Waals surface area contributed by atoms with Crippen LogP contribution in [0.4, 0.5) is 0 Å². The summed E-state index contributed by atoms with van der Waals surface area (Å²) in [5.74, 6) is 0.193. The van der Waals surface area contributed by atoms with Gasteiger partial charge in [-0.3, -0.25) is 4.90 Å². The number of nitrogens with zero attached hydrogens (tertiary/aromatic N) is 2. The van der Waals surface area contributed by atoms with Crippen molar-refractivity contribution in [3.8, 4) is 0 Å². The number of likely N-dealkylation sites (tertiary alicyclic amines) is 1. The summed E-state index contributed by atoms with van der Waals surface area (Å²) in [5, 5.41) is 0. The van der Waals surface area contributed by atoms with Crippen LogP contribution in [0.15, 0.2) is 0 Å². The fraction of sp³-hybridized carbons (Fsp3) is 1.00. The number of piperidine rings is 1. The molecular weight excluding hydrogens is 264 g/mol. The summed E-state index contributed by atoms with van der Waals surface area (Å²) in [6.07, 6.45) is 4.93. The highest BCUT2D eigenvalue weighted by molar-refractivity contribution is 7.89. The zero-order valence-electron chi connectivity index (χ0n) is 11.7. The van der Waals surface area contributed by atoms with Crippen LogP contribution >= 0.6 is 0 Å². The summed E-state index contributed by atoms with van der Waals surface area (Å²) in [5.41, 5.74) is -0.176. The van der Waals surface area contributed by atoms with Gasteiger partial charge in [0.2, 0.25) is 10.0 Å². The monoisotopic (exact) mass is 288 g/mol. The fourth-order valence-corrected chi connectivity index (χ4v) is 4.76. The first kappa shape index (κ1) is 13.8. The lowest BCUT2D eigenvalue weighted by atomic mass is 9.91. The van der Waals surface area contributed by atoms with Crippen LogP contribution in [-0.4, -0.2) is 67.8 Å². The molecule has 0 N–H and O–H groups in total. The molecule has 0 aromatic heterocycles. The Morgan fingerprint density at radius 3 is 2.53 bits per heavy atom. The lowest BCUT2D eigenvalue weighted by molar-refractivity contribution is -0.0774. The average molecular weight is 288 g/mol. The van der Waals surface area contributed by atoms with Gasteiger partial charge in [-0.2, -0.15) is 4.31 Å². The molecule has 0 amide bonds. The highest BCUT2D eigenvalue weighted by Crippen LogP contribution is 2.38. The maximum absolute atomic E-state index is 11.8. The largest absolute Gasteiger partial charge is 0.371 e. The maximum Gasteiger partial charge on any atom is 0.214 e. The van der Waals surface area contributed by atoms with E-state index in [2.05, 4.69) is 4.90 Å². The molecule has 3 fully saturated rings. The first-order valence-corrected chi connectivity index (χ1v) is 9.01. The zero-order valence-corrected chi connectivity index (χ0v) is 12.5. The van der Waals surface area contributed by atoms with Gasteiger partial charge < -0.3 is 4.74 Å². The van der Waals surface area contributed by atoms with Crippen molar-refractivity contribution >= 4 is 10.0 Å². The Morgan fingerprint density at radius 2 is 1.89 bits per heavy atom. The third-order valence-electron chi connectivity index (χ3n) is 4.78. The third-order valence-corrected chi connectivity index (χ3v) is 6.56. The van der Waals surface area contributed by atoms with E-state index in [9.17, 15) is 8.42 Å². The Morgan fingerprint density at radius 1 is 1.21 bits per heavy atom. The van der Waals surface area contributed by atoms with Gasteiger partial charge in [-0.1, -0.05) is 6.42 Å². The van der Waals surface area contributed by atoms with Gasteiger partial charge in [0.1, 0.15) is 0 Å². The first-order chi connectivity index (χ1) is 9.05. The van der Waals surface area contributed by atoms with Crippen LogP contribution in [-0.2, 0) is 14.8 Å². The Labute approximate surface area is 115 Å². The lowest BCUT2D eigenvalue weighted by Gasteiger charge is -2.46.